The molecule has 0 saturated carbocycles. The van der Waals surface area contributed by atoms with Crippen molar-refractivity contribution in [3.63, 3.8) is 0 Å². The maximum absolute atomic E-state index is 5.85. The Morgan fingerprint density at radius 1 is 1.22 bits per heavy atom. The summed E-state index contributed by atoms with van der Waals surface area (Å²) in [7, 11) is 0. The summed E-state index contributed by atoms with van der Waals surface area (Å²) in [6, 6.07) is 10.0. The Morgan fingerprint density at radius 2 is 1.94 bits per heavy atom. The smallest absolute Gasteiger partial charge is 0.252 e. The van der Waals surface area contributed by atoms with E-state index < -0.39 is 5.12 Å². The van der Waals surface area contributed by atoms with Crippen LogP contribution in [0.1, 0.15) is 11.3 Å². The lowest BCUT2D eigenvalue weighted by Gasteiger charge is -2.25. The lowest BCUT2D eigenvalue weighted by atomic mass is 10.2. The molecule has 2 heterocycles. The van der Waals surface area contributed by atoms with Crippen molar-refractivity contribution in [1.82, 2.24) is 4.98 Å². The van der Waals surface area contributed by atoms with Gasteiger partial charge in [-0.05, 0) is 18.7 Å². The first kappa shape index (κ1) is 12.2. The Kier molecular flexibility index (Phi) is 3.39. The third-order valence-corrected chi connectivity index (χ3v) is 4.91. The van der Waals surface area contributed by atoms with Crippen molar-refractivity contribution in [1.29, 1.82) is 0 Å². The molecule has 0 bridgehead atoms. The Balaban J connectivity index is 1.92. The molecule has 0 amide bonds. The number of benzene rings is 1. The minimum atomic E-state index is -0.731. The van der Waals surface area contributed by atoms with Gasteiger partial charge in [-0.3, -0.25) is 0 Å². The summed E-state index contributed by atoms with van der Waals surface area (Å²) >= 11 is 3.16. The van der Waals surface area contributed by atoms with E-state index >= 15 is 0 Å². The molecule has 0 N–H and O–H groups in total. The average molecular weight is 279 g/mol. The third kappa shape index (κ3) is 2.31. The fourth-order valence-corrected chi connectivity index (χ4v) is 3.96. The van der Waals surface area contributed by atoms with Crippen LogP contribution in [-0.2, 0) is 14.6 Å². The Hall–Kier alpha value is -0.880. The minimum Gasteiger partial charge on any atom is -0.335 e. The topological polar surface area (TPSA) is 31.4 Å². The number of thioether (sulfide) groups is 1. The summed E-state index contributed by atoms with van der Waals surface area (Å²) in [4.78, 5) is 4.47. The van der Waals surface area contributed by atoms with Gasteiger partial charge in [-0.1, -0.05) is 30.3 Å². The number of ether oxygens (including phenoxy) is 2. The zero-order valence-electron chi connectivity index (χ0n) is 9.96. The Morgan fingerprint density at radius 3 is 2.56 bits per heavy atom. The summed E-state index contributed by atoms with van der Waals surface area (Å²) in [5.41, 5.74) is 2.06. The molecule has 0 radical (unpaired) electrons. The van der Waals surface area contributed by atoms with Gasteiger partial charge < -0.3 is 9.47 Å². The number of aromatic nitrogens is 1. The van der Waals surface area contributed by atoms with Crippen LogP contribution in [0.15, 0.2) is 40.1 Å². The van der Waals surface area contributed by atoms with Gasteiger partial charge in [0.15, 0.2) is 4.34 Å². The van der Waals surface area contributed by atoms with Gasteiger partial charge in [0.25, 0.3) is 5.12 Å². The van der Waals surface area contributed by atoms with E-state index in [0.29, 0.717) is 13.2 Å². The van der Waals surface area contributed by atoms with Crippen molar-refractivity contribution in [2.24, 2.45) is 0 Å². The van der Waals surface area contributed by atoms with E-state index in [4.69, 9.17) is 9.47 Å². The summed E-state index contributed by atoms with van der Waals surface area (Å²) in [5.74, 6) is 0. The lowest BCUT2D eigenvalue weighted by molar-refractivity contribution is -0.0815. The molecule has 3 nitrogen and oxygen atoms in total. The van der Waals surface area contributed by atoms with Crippen LogP contribution < -0.4 is 0 Å². The van der Waals surface area contributed by atoms with Crippen LogP contribution in [0.25, 0.3) is 0 Å². The Bertz CT molecular complexity index is 521. The largest absolute Gasteiger partial charge is 0.335 e. The molecule has 1 saturated heterocycles. The van der Waals surface area contributed by atoms with Crippen molar-refractivity contribution in [3.8, 4) is 0 Å². The van der Waals surface area contributed by atoms with Crippen LogP contribution in [0, 0.1) is 6.92 Å². The van der Waals surface area contributed by atoms with Crippen molar-refractivity contribution in [2.75, 3.05) is 13.2 Å². The normalized spacial score (nSPS) is 18.1. The van der Waals surface area contributed by atoms with E-state index in [0.717, 1.165) is 15.6 Å². The second-order valence-electron chi connectivity index (χ2n) is 3.98. The fraction of sp³-hybridized carbons (Fsp3) is 0.308. The molecule has 0 atom stereocenters. The maximum Gasteiger partial charge on any atom is 0.252 e. The maximum atomic E-state index is 5.85. The first-order chi connectivity index (χ1) is 8.78. The van der Waals surface area contributed by atoms with E-state index in [1.54, 1.807) is 11.3 Å². The quantitative estimate of drug-likeness (QED) is 0.861. The zero-order valence-corrected chi connectivity index (χ0v) is 11.6. The first-order valence-electron chi connectivity index (χ1n) is 5.73. The van der Waals surface area contributed by atoms with Crippen molar-refractivity contribution in [2.45, 2.75) is 16.4 Å². The van der Waals surface area contributed by atoms with Gasteiger partial charge in [-0.15, -0.1) is 11.3 Å². The molecule has 1 aromatic carbocycles. The van der Waals surface area contributed by atoms with Gasteiger partial charge in [0.2, 0.25) is 0 Å². The van der Waals surface area contributed by atoms with Crippen LogP contribution >= 0.6 is 23.1 Å². The molecule has 0 spiro atoms. The fourth-order valence-electron chi connectivity index (χ4n) is 1.81. The van der Waals surface area contributed by atoms with E-state index in [1.165, 1.54) is 11.8 Å². The van der Waals surface area contributed by atoms with Gasteiger partial charge in [0, 0.05) is 16.6 Å². The molecular formula is C13H13NO2S2. The SMILES string of the molecule is Cc1csc(SC2(c3ccccc3)OCCO2)n1. The van der Waals surface area contributed by atoms with Crippen molar-refractivity contribution < 1.29 is 9.47 Å². The van der Waals surface area contributed by atoms with Crippen LogP contribution in [0.4, 0.5) is 0 Å². The van der Waals surface area contributed by atoms with Gasteiger partial charge in [0.1, 0.15) is 0 Å². The molecule has 5 heteroatoms. The number of nitrogens with zero attached hydrogens (tertiary/aromatic N) is 1. The lowest BCUT2D eigenvalue weighted by Crippen LogP contribution is -2.22. The highest BCUT2D eigenvalue weighted by Crippen LogP contribution is 2.46. The summed E-state index contributed by atoms with van der Waals surface area (Å²) in [6.07, 6.45) is 0. The number of rotatable bonds is 3. The molecule has 1 aliphatic heterocycles. The van der Waals surface area contributed by atoms with Gasteiger partial charge in [-0.2, -0.15) is 0 Å². The van der Waals surface area contributed by atoms with E-state index in [2.05, 4.69) is 4.98 Å². The average Bonchev–Trinajstić information content (AvgIpc) is 3.01. The van der Waals surface area contributed by atoms with Gasteiger partial charge in [-0.25, -0.2) is 4.98 Å². The van der Waals surface area contributed by atoms with Crippen LogP contribution in [-0.4, -0.2) is 18.2 Å². The zero-order chi connectivity index (χ0) is 12.4. The van der Waals surface area contributed by atoms with E-state index in [-0.39, 0.29) is 0 Å². The predicted molar refractivity (Wildman–Crippen MR) is 72.7 cm³/mol. The summed E-state index contributed by atoms with van der Waals surface area (Å²) < 4.78 is 12.7. The third-order valence-electron chi connectivity index (χ3n) is 2.61. The second-order valence-corrected chi connectivity index (χ2v) is 6.22. The molecular weight excluding hydrogens is 266 g/mol. The highest BCUT2D eigenvalue weighted by molar-refractivity contribution is 8.01. The summed E-state index contributed by atoms with van der Waals surface area (Å²) in [5, 5.41) is 1.31. The molecule has 0 unspecified atom stereocenters. The van der Waals surface area contributed by atoms with Gasteiger partial charge >= 0.3 is 0 Å². The highest BCUT2D eigenvalue weighted by atomic mass is 32.2. The van der Waals surface area contributed by atoms with E-state index in [9.17, 15) is 0 Å². The van der Waals surface area contributed by atoms with Crippen LogP contribution in [0.2, 0.25) is 0 Å². The molecule has 0 aliphatic carbocycles. The molecule has 2 aromatic rings. The van der Waals surface area contributed by atoms with Crippen LogP contribution in [0.5, 0.6) is 0 Å². The minimum absolute atomic E-state index is 0.617. The Labute approximate surface area is 114 Å². The van der Waals surface area contributed by atoms with E-state index in [1.807, 2.05) is 42.6 Å². The molecule has 3 rings (SSSR count). The monoisotopic (exact) mass is 279 g/mol. The van der Waals surface area contributed by atoms with Crippen molar-refractivity contribution in [3.05, 3.63) is 47.0 Å². The molecule has 18 heavy (non-hydrogen) atoms. The molecule has 1 aliphatic rings. The number of hydrogen-bond donors (Lipinski definition) is 0. The molecule has 94 valence electrons. The predicted octanol–water partition coefficient (Wildman–Crippen LogP) is 3.40. The second kappa shape index (κ2) is 5.01. The molecule has 1 fully saturated rings. The number of thiazole rings is 1. The number of hydrogen-bond acceptors (Lipinski definition) is 5. The highest BCUT2D eigenvalue weighted by Gasteiger charge is 2.40. The van der Waals surface area contributed by atoms with Crippen molar-refractivity contribution >= 4 is 23.1 Å². The summed E-state index contributed by atoms with van der Waals surface area (Å²) in [6.45, 7) is 3.23. The standard InChI is InChI=1S/C13H13NO2S2/c1-10-9-17-12(14-10)18-13(15-7-8-16-13)11-5-3-2-4-6-11/h2-6,9H,7-8H2,1H3. The number of aryl methyl sites for hydroxylation is 1. The first-order valence-corrected chi connectivity index (χ1v) is 7.43. The molecule has 1 aromatic heterocycles. The van der Waals surface area contributed by atoms with Gasteiger partial charge in [0.05, 0.1) is 13.2 Å². The van der Waals surface area contributed by atoms with Crippen LogP contribution in [0.3, 0.4) is 0 Å².